The van der Waals surface area contributed by atoms with Crippen LogP contribution >= 0.6 is 15.9 Å². The first-order valence-electron chi connectivity index (χ1n) is 3.97. The van der Waals surface area contributed by atoms with E-state index in [-0.39, 0.29) is 5.97 Å². The molecule has 0 radical (unpaired) electrons. The summed E-state index contributed by atoms with van der Waals surface area (Å²) in [7, 11) is 1.40. The van der Waals surface area contributed by atoms with Gasteiger partial charge < -0.3 is 4.74 Å². The summed E-state index contributed by atoms with van der Waals surface area (Å²) < 4.78 is 4.60. The normalized spacial score (nSPS) is 9.69. The first-order valence-corrected chi connectivity index (χ1v) is 5.09. The predicted molar refractivity (Wildman–Crippen MR) is 54.8 cm³/mol. The minimum absolute atomic E-state index is 0.201. The van der Waals surface area contributed by atoms with Gasteiger partial charge in [-0.25, -0.2) is 0 Å². The fourth-order valence-corrected chi connectivity index (χ4v) is 1.64. The average Bonchev–Trinajstić information content (AvgIpc) is 2.18. The molecule has 0 bridgehead atoms. The Morgan fingerprint density at radius 3 is 2.54 bits per heavy atom. The van der Waals surface area contributed by atoms with E-state index in [9.17, 15) is 4.79 Å². The van der Waals surface area contributed by atoms with Gasteiger partial charge in [0.2, 0.25) is 0 Å². The highest BCUT2D eigenvalue weighted by Crippen LogP contribution is 2.13. The first-order chi connectivity index (χ1) is 6.27. The summed E-state index contributed by atoms with van der Waals surface area (Å²) in [6.07, 6.45) is 0.346. The second-order valence-electron chi connectivity index (χ2n) is 2.66. The SMILES string of the molecule is COC(=O)Cc1ccccc1CBr. The van der Waals surface area contributed by atoms with Crippen LogP contribution < -0.4 is 0 Å². The first kappa shape index (κ1) is 10.3. The summed E-state index contributed by atoms with van der Waals surface area (Å²) in [6.45, 7) is 0. The van der Waals surface area contributed by atoms with Crippen LogP contribution in [0, 0.1) is 0 Å². The predicted octanol–water partition coefficient (Wildman–Crippen LogP) is 2.30. The summed E-state index contributed by atoms with van der Waals surface area (Å²) >= 11 is 3.37. The van der Waals surface area contributed by atoms with Crippen molar-refractivity contribution in [1.29, 1.82) is 0 Å². The molecule has 0 aromatic heterocycles. The topological polar surface area (TPSA) is 26.3 Å². The molecule has 0 aliphatic carbocycles. The van der Waals surface area contributed by atoms with Crippen molar-refractivity contribution in [3.8, 4) is 0 Å². The smallest absolute Gasteiger partial charge is 0.309 e. The molecule has 1 aromatic carbocycles. The van der Waals surface area contributed by atoms with Crippen molar-refractivity contribution in [3.05, 3.63) is 35.4 Å². The second-order valence-corrected chi connectivity index (χ2v) is 3.22. The highest BCUT2D eigenvalue weighted by atomic mass is 79.9. The Bertz CT molecular complexity index is 297. The fraction of sp³-hybridized carbons (Fsp3) is 0.300. The van der Waals surface area contributed by atoms with E-state index in [0.29, 0.717) is 6.42 Å². The van der Waals surface area contributed by atoms with Crippen molar-refractivity contribution in [2.75, 3.05) is 7.11 Å². The molecule has 0 N–H and O–H groups in total. The number of esters is 1. The Labute approximate surface area is 86.0 Å². The number of hydrogen-bond acceptors (Lipinski definition) is 2. The van der Waals surface area contributed by atoms with Crippen LogP contribution in [0.25, 0.3) is 0 Å². The number of carbonyl (C=O) groups is 1. The zero-order valence-corrected chi connectivity index (χ0v) is 9.00. The van der Waals surface area contributed by atoms with E-state index in [1.54, 1.807) is 0 Å². The van der Waals surface area contributed by atoms with Crippen molar-refractivity contribution in [2.24, 2.45) is 0 Å². The van der Waals surface area contributed by atoms with Crippen molar-refractivity contribution < 1.29 is 9.53 Å². The number of ether oxygens (including phenoxy) is 1. The van der Waals surface area contributed by atoms with Gasteiger partial charge in [0, 0.05) is 5.33 Å². The maximum absolute atomic E-state index is 11.0. The Kier molecular flexibility index (Phi) is 3.96. The lowest BCUT2D eigenvalue weighted by Gasteiger charge is -2.04. The number of carbonyl (C=O) groups excluding carboxylic acids is 1. The van der Waals surface area contributed by atoms with E-state index in [4.69, 9.17) is 0 Å². The zero-order chi connectivity index (χ0) is 9.68. The highest BCUT2D eigenvalue weighted by molar-refractivity contribution is 9.08. The maximum Gasteiger partial charge on any atom is 0.309 e. The minimum atomic E-state index is -0.201. The van der Waals surface area contributed by atoms with Gasteiger partial charge in [0.25, 0.3) is 0 Å². The third-order valence-corrected chi connectivity index (χ3v) is 2.43. The van der Waals surface area contributed by atoms with Crippen LogP contribution in [-0.2, 0) is 21.3 Å². The van der Waals surface area contributed by atoms with Crippen molar-refractivity contribution in [1.82, 2.24) is 0 Å². The summed E-state index contributed by atoms with van der Waals surface area (Å²) in [5.74, 6) is -0.201. The van der Waals surface area contributed by atoms with Crippen LogP contribution in [0.15, 0.2) is 24.3 Å². The summed E-state index contributed by atoms with van der Waals surface area (Å²) in [6, 6.07) is 7.81. The van der Waals surface area contributed by atoms with Crippen LogP contribution in [0.1, 0.15) is 11.1 Å². The van der Waals surface area contributed by atoms with E-state index < -0.39 is 0 Å². The van der Waals surface area contributed by atoms with E-state index in [1.165, 1.54) is 7.11 Å². The Hall–Kier alpha value is -0.830. The maximum atomic E-state index is 11.0. The quantitative estimate of drug-likeness (QED) is 0.601. The van der Waals surface area contributed by atoms with Gasteiger partial charge in [-0.15, -0.1) is 0 Å². The molecular weight excluding hydrogens is 232 g/mol. The van der Waals surface area contributed by atoms with E-state index in [0.717, 1.165) is 16.5 Å². The van der Waals surface area contributed by atoms with Crippen molar-refractivity contribution >= 4 is 21.9 Å². The molecule has 0 aliphatic heterocycles. The minimum Gasteiger partial charge on any atom is -0.469 e. The molecule has 0 saturated carbocycles. The standard InChI is InChI=1S/C10H11BrO2/c1-13-10(12)6-8-4-2-3-5-9(8)7-11/h2-5H,6-7H2,1H3. The fourth-order valence-electron chi connectivity index (χ4n) is 1.09. The number of hydrogen-bond donors (Lipinski definition) is 0. The van der Waals surface area contributed by atoms with E-state index >= 15 is 0 Å². The number of benzene rings is 1. The molecule has 70 valence electrons. The number of alkyl halides is 1. The van der Waals surface area contributed by atoms with Gasteiger partial charge in [0.05, 0.1) is 13.5 Å². The highest BCUT2D eigenvalue weighted by Gasteiger charge is 2.05. The summed E-state index contributed by atoms with van der Waals surface area (Å²) in [4.78, 5) is 11.0. The Balaban J connectivity index is 2.81. The number of halogens is 1. The molecule has 0 unspecified atom stereocenters. The van der Waals surface area contributed by atoms with Gasteiger partial charge in [-0.3, -0.25) is 4.79 Å². The van der Waals surface area contributed by atoms with Crippen LogP contribution in [0.4, 0.5) is 0 Å². The lowest BCUT2D eigenvalue weighted by atomic mass is 10.1. The van der Waals surface area contributed by atoms with Crippen molar-refractivity contribution in [3.63, 3.8) is 0 Å². The Morgan fingerprint density at radius 1 is 1.38 bits per heavy atom. The molecule has 2 nitrogen and oxygen atoms in total. The van der Waals surface area contributed by atoms with Gasteiger partial charge in [0.15, 0.2) is 0 Å². The monoisotopic (exact) mass is 242 g/mol. The molecular formula is C10H11BrO2. The molecule has 1 aromatic rings. The Morgan fingerprint density at radius 2 is 2.00 bits per heavy atom. The third kappa shape index (κ3) is 2.84. The molecule has 3 heteroatoms. The molecule has 13 heavy (non-hydrogen) atoms. The van der Waals surface area contributed by atoms with Crippen LogP contribution in [0.2, 0.25) is 0 Å². The molecule has 0 amide bonds. The van der Waals surface area contributed by atoms with Gasteiger partial charge in [0.1, 0.15) is 0 Å². The van der Waals surface area contributed by atoms with Crippen LogP contribution in [0.3, 0.4) is 0 Å². The van der Waals surface area contributed by atoms with Gasteiger partial charge >= 0.3 is 5.97 Å². The number of rotatable bonds is 3. The van der Waals surface area contributed by atoms with E-state index in [1.807, 2.05) is 24.3 Å². The third-order valence-electron chi connectivity index (χ3n) is 1.82. The van der Waals surface area contributed by atoms with Crippen molar-refractivity contribution in [2.45, 2.75) is 11.8 Å². The summed E-state index contributed by atoms with van der Waals surface area (Å²) in [5, 5.41) is 0.764. The molecule has 1 rings (SSSR count). The van der Waals surface area contributed by atoms with Gasteiger partial charge in [-0.05, 0) is 11.1 Å². The molecule has 0 atom stereocenters. The summed E-state index contributed by atoms with van der Waals surface area (Å²) in [5.41, 5.74) is 2.15. The lowest BCUT2D eigenvalue weighted by Crippen LogP contribution is -2.06. The molecule has 0 saturated heterocycles. The second kappa shape index (κ2) is 5.02. The molecule has 0 spiro atoms. The molecule has 0 aliphatic rings. The molecule has 0 fully saturated rings. The van der Waals surface area contributed by atoms with Crippen LogP contribution in [0.5, 0.6) is 0 Å². The number of methoxy groups -OCH3 is 1. The zero-order valence-electron chi connectivity index (χ0n) is 7.42. The molecule has 0 heterocycles. The van der Waals surface area contributed by atoms with Crippen LogP contribution in [-0.4, -0.2) is 13.1 Å². The van der Waals surface area contributed by atoms with E-state index in [2.05, 4.69) is 20.7 Å². The largest absolute Gasteiger partial charge is 0.469 e. The average molecular weight is 243 g/mol. The van der Waals surface area contributed by atoms with Gasteiger partial charge in [-0.1, -0.05) is 40.2 Å². The van der Waals surface area contributed by atoms with Gasteiger partial charge in [-0.2, -0.15) is 0 Å². The lowest BCUT2D eigenvalue weighted by molar-refractivity contribution is -0.139.